The van der Waals surface area contributed by atoms with E-state index in [2.05, 4.69) is 4.98 Å². The minimum Gasteiger partial charge on any atom is -0.493 e. The van der Waals surface area contributed by atoms with Crippen molar-refractivity contribution in [2.24, 2.45) is 11.5 Å². The Morgan fingerprint density at radius 1 is 0.971 bits per heavy atom. The highest BCUT2D eigenvalue weighted by molar-refractivity contribution is 5.97. The van der Waals surface area contributed by atoms with Crippen molar-refractivity contribution in [2.45, 2.75) is 0 Å². The number of aromatic nitrogens is 1. The zero-order valence-electron chi connectivity index (χ0n) is 19.1. The van der Waals surface area contributed by atoms with Crippen molar-refractivity contribution in [3.05, 3.63) is 54.2 Å². The minimum atomic E-state index is -0.567. The zero-order valence-corrected chi connectivity index (χ0v) is 19.1. The molecule has 9 heteroatoms. The lowest BCUT2D eigenvalue weighted by Gasteiger charge is -2.13. The van der Waals surface area contributed by atoms with Crippen molar-refractivity contribution in [3.63, 3.8) is 0 Å². The van der Waals surface area contributed by atoms with Crippen molar-refractivity contribution >= 4 is 17.0 Å². The van der Waals surface area contributed by atoms with Gasteiger partial charge in [0.15, 0.2) is 17.1 Å². The number of fused-ring (bicyclic) bond motifs is 1. The summed E-state index contributed by atoms with van der Waals surface area (Å²) in [5, 5.41) is 0. The van der Waals surface area contributed by atoms with Gasteiger partial charge in [-0.2, -0.15) is 0 Å². The molecule has 0 atom stereocenters. The zero-order chi connectivity index (χ0) is 24.2. The lowest BCUT2D eigenvalue weighted by molar-refractivity contribution is 0.1000. The first kappa shape index (κ1) is 22.9. The second-order valence-electron chi connectivity index (χ2n) is 7.34. The molecular weight excluding hydrogens is 438 g/mol. The molecule has 9 nitrogen and oxygen atoms in total. The van der Waals surface area contributed by atoms with Gasteiger partial charge in [-0.15, -0.1) is 0 Å². The first-order valence-corrected chi connectivity index (χ1v) is 10.5. The Kier molecular flexibility index (Phi) is 6.55. The lowest BCUT2D eigenvalue weighted by Crippen LogP contribution is -2.13. The van der Waals surface area contributed by atoms with Crippen LogP contribution in [0.25, 0.3) is 33.6 Å². The Labute approximate surface area is 196 Å². The summed E-state index contributed by atoms with van der Waals surface area (Å²) in [6.45, 7) is 0.644. The number of hydrogen-bond acceptors (Lipinski definition) is 8. The summed E-state index contributed by atoms with van der Waals surface area (Å²) in [5.74, 6) is 1.96. The Bertz CT molecular complexity index is 1320. The average molecular weight is 463 g/mol. The number of primary amides is 1. The van der Waals surface area contributed by atoms with E-state index < -0.39 is 5.91 Å². The van der Waals surface area contributed by atoms with Gasteiger partial charge in [0, 0.05) is 35.5 Å². The molecule has 0 aliphatic carbocycles. The van der Waals surface area contributed by atoms with E-state index >= 15 is 0 Å². The molecule has 0 unspecified atom stereocenters. The number of hydrogen-bond donors (Lipinski definition) is 2. The number of ether oxygens (including phenoxy) is 4. The van der Waals surface area contributed by atoms with Crippen LogP contribution in [-0.2, 0) is 0 Å². The van der Waals surface area contributed by atoms with Crippen LogP contribution < -0.4 is 30.4 Å². The Morgan fingerprint density at radius 3 is 2.32 bits per heavy atom. The molecule has 0 saturated heterocycles. The van der Waals surface area contributed by atoms with E-state index in [9.17, 15) is 4.79 Å². The summed E-state index contributed by atoms with van der Waals surface area (Å²) in [6.07, 6.45) is 1.67. The molecule has 2 aromatic carbocycles. The SMILES string of the molecule is COc1cc(-c2cc3nccc(-c4cc(OCCN)cc(C(N)=O)c4)c3o2)cc(OC)c1OC. The third-order valence-corrected chi connectivity index (χ3v) is 5.25. The molecule has 4 N–H and O–H groups in total. The number of rotatable bonds is 9. The third-order valence-electron chi connectivity index (χ3n) is 5.25. The number of pyridine rings is 1. The molecule has 4 rings (SSSR count). The summed E-state index contributed by atoms with van der Waals surface area (Å²) in [5.41, 5.74) is 14.7. The molecule has 0 aliphatic rings. The van der Waals surface area contributed by atoms with Crippen LogP contribution in [0.3, 0.4) is 0 Å². The second kappa shape index (κ2) is 9.72. The topological polar surface area (TPSA) is 132 Å². The van der Waals surface area contributed by atoms with Gasteiger partial charge in [0.2, 0.25) is 11.7 Å². The predicted molar refractivity (Wildman–Crippen MR) is 128 cm³/mol. The number of nitrogens with two attached hydrogens (primary N) is 2. The summed E-state index contributed by atoms with van der Waals surface area (Å²) in [7, 11) is 4.65. The highest BCUT2D eigenvalue weighted by Gasteiger charge is 2.19. The molecule has 2 aromatic heterocycles. The standard InChI is InChI=1S/C25H25N3O6/c1-30-21-11-15(12-22(31-2)24(21)32-3)20-13-19-23(34-20)18(4-6-28-19)14-8-16(25(27)29)10-17(9-14)33-7-5-26/h4,6,8-13H,5,7,26H2,1-3H3,(H2,27,29). The van der Waals surface area contributed by atoms with Gasteiger partial charge in [-0.3, -0.25) is 9.78 Å². The Balaban J connectivity index is 1.86. The molecular formula is C25H25N3O6. The van der Waals surface area contributed by atoms with Crippen molar-refractivity contribution in [2.75, 3.05) is 34.5 Å². The largest absolute Gasteiger partial charge is 0.493 e. The van der Waals surface area contributed by atoms with Crippen LogP contribution in [0.2, 0.25) is 0 Å². The van der Waals surface area contributed by atoms with Gasteiger partial charge >= 0.3 is 0 Å². The highest BCUT2D eigenvalue weighted by atomic mass is 16.5. The fourth-order valence-electron chi connectivity index (χ4n) is 3.69. The maximum absolute atomic E-state index is 11.9. The molecule has 0 saturated carbocycles. The van der Waals surface area contributed by atoms with Gasteiger partial charge in [-0.1, -0.05) is 0 Å². The van der Waals surface area contributed by atoms with E-state index in [1.54, 1.807) is 63.9 Å². The van der Waals surface area contributed by atoms with Gasteiger partial charge < -0.3 is 34.8 Å². The van der Waals surface area contributed by atoms with E-state index in [1.807, 2.05) is 6.07 Å². The summed E-state index contributed by atoms with van der Waals surface area (Å²) >= 11 is 0. The molecule has 0 spiro atoms. The fraction of sp³-hybridized carbons (Fsp3) is 0.200. The number of amides is 1. The number of furan rings is 1. The maximum atomic E-state index is 11.9. The maximum Gasteiger partial charge on any atom is 0.248 e. The molecule has 176 valence electrons. The second-order valence-corrected chi connectivity index (χ2v) is 7.34. The number of carbonyl (C=O) groups excluding carboxylic acids is 1. The van der Waals surface area contributed by atoms with Crippen molar-refractivity contribution in [1.82, 2.24) is 4.98 Å². The van der Waals surface area contributed by atoms with Crippen LogP contribution in [0.4, 0.5) is 0 Å². The molecule has 1 amide bonds. The average Bonchev–Trinajstić information content (AvgIpc) is 3.30. The van der Waals surface area contributed by atoms with Gasteiger partial charge in [0.05, 0.1) is 21.3 Å². The molecule has 4 aromatic rings. The number of nitrogens with zero attached hydrogens (tertiary/aromatic N) is 1. The lowest BCUT2D eigenvalue weighted by atomic mass is 10.0. The summed E-state index contributed by atoms with van der Waals surface area (Å²) in [6, 6.07) is 12.3. The smallest absolute Gasteiger partial charge is 0.248 e. The molecule has 0 aliphatic heterocycles. The van der Waals surface area contributed by atoms with Gasteiger partial charge in [-0.05, 0) is 42.0 Å². The van der Waals surface area contributed by atoms with Crippen LogP contribution in [-0.4, -0.2) is 45.4 Å². The van der Waals surface area contributed by atoms with Crippen LogP contribution in [0, 0.1) is 0 Å². The van der Waals surface area contributed by atoms with Crippen LogP contribution in [0.15, 0.2) is 53.1 Å². The van der Waals surface area contributed by atoms with E-state index in [4.69, 9.17) is 34.8 Å². The normalized spacial score (nSPS) is 10.8. The van der Waals surface area contributed by atoms with Crippen molar-refractivity contribution in [3.8, 4) is 45.4 Å². The van der Waals surface area contributed by atoms with E-state index in [1.165, 1.54) is 0 Å². The minimum absolute atomic E-state index is 0.305. The quantitative estimate of drug-likeness (QED) is 0.385. The predicted octanol–water partition coefficient (Wildman–Crippen LogP) is 3.62. The van der Waals surface area contributed by atoms with Crippen LogP contribution in [0.5, 0.6) is 23.0 Å². The van der Waals surface area contributed by atoms with Crippen molar-refractivity contribution < 1.29 is 28.2 Å². The van der Waals surface area contributed by atoms with E-state index in [0.29, 0.717) is 64.1 Å². The Hall–Kier alpha value is -4.24. The third kappa shape index (κ3) is 4.33. The van der Waals surface area contributed by atoms with Gasteiger partial charge in [0.1, 0.15) is 23.6 Å². The Morgan fingerprint density at radius 2 is 1.71 bits per heavy atom. The molecule has 0 radical (unpaired) electrons. The highest BCUT2D eigenvalue weighted by Crippen LogP contribution is 2.43. The molecule has 2 heterocycles. The van der Waals surface area contributed by atoms with Crippen LogP contribution in [0.1, 0.15) is 10.4 Å². The first-order chi connectivity index (χ1) is 16.5. The van der Waals surface area contributed by atoms with Gasteiger partial charge in [0.25, 0.3) is 0 Å². The molecule has 0 bridgehead atoms. The monoisotopic (exact) mass is 463 g/mol. The summed E-state index contributed by atoms with van der Waals surface area (Å²) in [4.78, 5) is 16.4. The molecule has 34 heavy (non-hydrogen) atoms. The number of carbonyl (C=O) groups is 1. The summed E-state index contributed by atoms with van der Waals surface area (Å²) < 4.78 is 28.2. The van der Waals surface area contributed by atoms with E-state index in [-0.39, 0.29) is 0 Å². The number of benzene rings is 2. The number of methoxy groups -OCH3 is 3. The fourth-order valence-corrected chi connectivity index (χ4v) is 3.69. The van der Waals surface area contributed by atoms with Crippen LogP contribution >= 0.6 is 0 Å². The van der Waals surface area contributed by atoms with E-state index in [0.717, 1.165) is 11.1 Å². The van der Waals surface area contributed by atoms with Gasteiger partial charge in [-0.25, -0.2) is 0 Å². The first-order valence-electron chi connectivity index (χ1n) is 10.5. The molecule has 0 fully saturated rings. The van der Waals surface area contributed by atoms with Crippen molar-refractivity contribution in [1.29, 1.82) is 0 Å².